The highest BCUT2D eigenvalue weighted by Gasteiger charge is 2.28. The third-order valence-corrected chi connectivity index (χ3v) is 3.54. The molecule has 0 radical (unpaired) electrons. The van der Waals surface area contributed by atoms with Gasteiger partial charge in [0.25, 0.3) is 0 Å². The topological polar surface area (TPSA) is 77.8 Å². The van der Waals surface area contributed by atoms with Crippen LogP contribution in [-0.2, 0) is 0 Å². The Bertz CT molecular complexity index is 557. The maximum absolute atomic E-state index is 6.05. The summed E-state index contributed by atoms with van der Waals surface area (Å²) in [4.78, 5) is 8.54. The minimum atomic E-state index is 0.240. The third-order valence-electron chi connectivity index (χ3n) is 3.23. The highest BCUT2D eigenvalue weighted by atomic mass is 35.5. The summed E-state index contributed by atoms with van der Waals surface area (Å²) in [5.74, 6) is 1.35. The molecule has 18 heavy (non-hydrogen) atoms. The Labute approximate surface area is 109 Å². The first-order chi connectivity index (χ1) is 8.74. The number of nitrogens with zero attached hydrogens (tertiary/aromatic N) is 3. The quantitative estimate of drug-likeness (QED) is 0.901. The lowest BCUT2D eigenvalue weighted by Crippen LogP contribution is -2.14. The zero-order chi connectivity index (χ0) is 12.5. The van der Waals surface area contributed by atoms with Crippen LogP contribution in [0.5, 0.6) is 0 Å². The molecule has 2 aromatic heterocycles. The minimum Gasteiger partial charge on any atom is -0.339 e. The molecule has 0 aromatic carbocycles. The van der Waals surface area contributed by atoms with Crippen LogP contribution >= 0.6 is 11.6 Å². The van der Waals surface area contributed by atoms with Crippen molar-refractivity contribution in [2.45, 2.75) is 31.2 Å². The number of nitrogens with two attached hydrogens (primary N) is 1. The second kappa shape index (κ2) is 4.66. The Morgan fingerprint density at radius 3 is 3.00 bits per heavy atom. The molecule has 2 atom stereocenters. The molecule has 94 valence electrons. The van der Waals surface area contributed by atoms with Crippen molar-refractivity contribution in [2.24, 2.45) is 5.73 Å². The smallest absolute Gasteiger partial charge is 0.230 e. The van der Waals surface area contributed by atoms with E-state index in [9.17, 15) is 0 Å². The van der Waals surface area contributed by atoms with E-state index < -0.39 is 0 Å². The molecule has 0 bridgehead atoms. The molecule has 2 aromatic rings. The largest absolute Gasteiger partial charge is 0.339 e. The van der Waals surface area contributed by atoms with Crippen molar-refractivity contribution in [2.75, 3.05) is 0 Å². The molecule has 0 spiro atoms. The van der Waals surface area contributed by atoms with E-state index in [1.807, 2.05) is 0 Å². The van der Waals surface area contributed by atoms with E-state index in [1.54, 1.807) is 18.3 Å². The molecule has 1 aliphatic carbocycles. The monoisotopic (exact) mass is 264 g/mol. The van der Waals surface area contributed by atoms with Gasteiger partial charge in [0.2, 0.25) is 11.7 Å². The van der Waals surface area contributed by atoms with Crippen molar-refractivity contribution >= 4 is 11.6 Å². The first-order valence-electron chi connectivity index (χ1n) is 5.94. The second-order valence-electron chi connectivity index (χ2n) is 4.56. The Balaban J connectivity index is 1.88. The average molecular weight is 265 g/mol. The molecule has 3 rings (SSSR count). The lowest BCUT2D eigenvalue weighted by Gasteiger charge is -2.01. The van der Waals surface area contributed by atoms with E-state index in [0.717, 1.165) is 19.3 Å². The van der Waals surface area contributed by atoms with Crippen LogP contribution in [0.2, 0.25) is 5.02 Å². The Morgan fingerprint density at radius 1 is 1.39 bits per heavy atom. The van der Waals surface area contributed by atoms with Gasteiger partial charge in [-0.3, -0.25) is 4.98 Å². The summed E-state index contributed by atoms with van der Waals surface area (Å²) < 4.78 is 5.29. The van der Waals surface area contributed by atoms with Crippen molar-refractivity contribution in [3.63, 3.8) is 0 Å². The van der Waals surface area contributed by atoms with E-state index in [-0.39, 0.29) is 12.0 Å². The lowest BCUT2D eigenvalue weighted by atomic mass is 10.1. The van der Waals surface area contributed by atoms with Gasteiger partial charge in [0.1, 0.15) is 5.69 Å². The second-order valence-corrected chi connectivity index (χ2v) is 4.97. The predicted molar refractivity (Wildman–Crippen MR) is 67.1 cm³/mol. The molecule has 0 aliphatic heterocycles. The minimum absolute atomic E-state index is 0.240. The molecule has 1 saturated carbocycles. The molecule has 0 amide bonds. The number of hydrogen-bond acceptors (Lipinski definition) is 5. The van der Waals surface area contributed by atoms with Crippen LogP contribution in [0.1, 0.15) is 31.1 Å². The molecule has 2 unspecified atom stereocenters. The van der Waals surface area contributed by atoms with Crippen LogP contribution in [0.4, 0.5) is 0 Å². The predicted octanol–water partition coefficient (Wildman–Crippen LogP) is 2.38. The fourth-order valence-electron chi connectivity index (χ4n) is 2.29. The zero-order valence-corrected chi connectivity index (χ0v) is 10.5. The summed E-state index contributed by atoms with van der Waals surface area (Å²) in [5, 5.41) is 4.46. The van der Waals surface area contributed by atoms with Crippen molar-refractivity contribution in [1.82, 2.24) is 15.1 Å². The fraction of sp³-hybridized carbons (Fsp3) is 0.417. The van der Waals surface area contributed by atoms with Gasteiger partial charge in [0, 0.05) is 18.2 Å². The molecular formula is C12H13ClN4O. The summed E-state index contributed by atoms with van der Waals surface area (Å²) in [6, 6.07) is 3.76. The number of hydrogen-bond donors (Lipinski definition) is 1. The number of aromatic nitrogens is 3. The summed E-state index contributed by atoms with van der Waals surface area (Å²) in [5.41, 5.74) is 6.43. The van der Waals surface area contributed by atoms with E-state index in [0.29, 0.717) is 22.4 Å². The number of halogens is 1. The average Bonchev–Trinajstić information content (AvgIpc) is 2.98. The Kier molecular flexibility index (Phi) is 3.01. The highest BCUT2D eigenvalue weighted by molar-refractivity contribution is 6.32. The Morgan fingerprint density at radius 2 is 2.28 bits per heavy atom. The summed E-state index contributed by atoms with van der Waals surface area (Å²) >= 11 is 6.05. The van der Waals surface area contributed by atoms with Gasteiger partial charge >= 0.3 is 0 Å². The molecule has 2 N–H and O–H groups in total. The normalized spacial score (nSPS) is 23.4. The van der Waals surface area contributed by atoms with Gasteiger partial charge in [-0.15, -0.1) is 0 Å². The van der Waals surface area contributed by atoms with E-state index in [2.05, 4.69) is 15.1 Å². The van der Waals surface area contributed by atoms with Gasteiger partial charge in [-0.1, -0.05) is 16.8 Å². The van der Waals surface area contributed by atoms with Crippen LogP contribution in [0, 0.1) is 0 Å². The SMILES string of the molecule is NC1CCC(c2nc(-c3ncccc3Cl)no2)C1. The molecule has 1 fully saturated rings. The van der Waals surface area contributed by atoms with Crippen LogP contribution in [0.25, 0.3) is 11.5 Å². The third kappa shape index (κ3) is 2.11. The van der Waals surface area contributed by atoms with Gasteiger partial charge in [0.05, 0.1) is 5.02 Å². The molecule has 0 saturated heterocycles. The maximum Gasteiger partial charge on any atom is 0.230 e. The van der Waals surface area contributed by atoms with Gasteiger partial charge < -0.3 is 10.3 Å². The van der Waals surface area contributed by atoms with E-state index >= 15 is 0 Å². The molecule has 5 nitrogen and oxygen atoms in total. The number of rotatable bonds is 2. The number of pyridine rings is 1. The lowest BCUT2D eigenvalue weighted by molar-refractivity contribution is 0.353. The van der Waals surface area contributed by atoms with E-state index in [1.165, 1.54) is 0 Å². The first kappa shape index (κ1) is 11.6. The van der Waals surface area contributed by atoms with Crippen LogP contribution in [0.3, 0.4) is 0 Å². The highest BCUT2D eigenvalue weighted by Crippen LogP contribution is 2.33. The van der Waals surface area contributed by atoms with Crippen LogP contribution < -0.4 is 5.73 Å². The van der Waals surface area contributed by atoms with Crippen LogP contribution in [-0.4, -0.2) is 21.2 Å². The summed E-state index contributed by atoms with van der Waals surface area (Å²) in [6.07, 6.45) is 4.56. The molecule has 6 heteroatoms. The van der Waals surface area contributed by atoms with Crippen molar-refractivity contribution < 1.29 is 4.52 Å². The Hall–Kier alpha value is -1.46. The van der Waals surface area contributed by atoms with Crippen molar-refractivity contribution in [1.29, 1.82) is 0 Å². The summed E-state index contributed by atoms with van der Waals surface area (Å²) in [7, 11) is 0. The maximum atomic E-state index is 6.05. The standard InChI is InChI=1S/C12H13ClN4O/c13-9-2-1-5-15-10(9)11-16-12(18-17-11)7-3-4-8(14)6-7/h1-2,5,7-8H,3-4,6,14H2. The van der Waals surface area contributed by atoms with Gasteiger partial charge in [-0.25, -0.2) is 0 Å². The first-order valence-corrected chi connectivity index (χ1v) is 6.32. The van der Waals surface area contributed by atoms with Crippen molar-refractivity contribution in [3.8, 4) is 11.5 Å². The molecule has 2 heterocycles. The van der Waals surface area contributed by atoms with Crippen molar-refractivity contribution in [3.05, 3.63) is 29.2 Å². The summed E-state index contributed by atoms with van der Waals surface area (Å²) in [6.45, 7) is 0. The van der Waals surface area contributed by atoms with Gasteiger partial charge in [0.15, 0.2) is 0 Å². The van der Waals surface area contributed by atoms with Crippen LogP contribution in [0.15, 0.2) is 22.9 Å². The van der Waals surface area contributed by atoms with Gasteiger partial charge in [-0.05, 0) is 31.4 Å². The molecular weight excluding hydrogens is 252 g/mol. The van der Waals surface area contributed by atoms with Gasteiger partial charge in [-0.2, -0.15) is 4.98 Å². The zero-order valence-electron chi connectivity index (χ0n) is 9.71. The fourth-order valence-corrected chi connectivity index (χ4v) is 2.49. The molecule has 1 aliphatic rings. The van der Waals surface area contributed by atoms with E-state index in [4.69, 9.17) is 21.9 Å².